The zero-order chi connectivity index (χ0) is 20.6. The third-order valence-electron chi connectivity index (χ3n) is 4.28. The smallest absolute Gasteiger partial charge is 0.274 e. The van der Waals surface area contributed by atoms with Crippen LogP contribution in [0.25, 0.3) is 0 Å². The minimum Gasteiger partial charge on any atom is -0.381 e. The standard InChI is InChI=1S/C23H20N6O/c30-22(21-11-14-25-23(29-21)28-19-9-12-24-13-10-19)27-20-8-4-5-17(15-20)16-26-18-6-2-1-3-7-18/h1-15,26H,16H2,(H,27,30)(H,24,25,28,29). The van der Waals surface area contributed by atoms with Crippen LogP contribution >= 0.6 is 0 Å². The highest BCUT2D eigenvalue weighted by atomic mass is 16.1. The molecular formula is C23H20N6O. The van der Waals surface area contributed by atoms with Crippen molar-refractivity contribution < 1.29 is 4.79 Å². The van der Waals surface area contributed by atoms with Crippen LogP contribution in [-0.2, 0) is 6.54 Å². The van der Waals surface area contributed by atoms with Crippen molar-refractivity contribution in [1.82, 2.24) is 15.0 Å². The second kappa shape index (κ2) is 9.29. The molecular weight excluding hydrogens is 376 g/mol. The molecule has 3 N–H and O–H groups in total. The van der Waals surface area contributed by atoms with Gasteiger partial charge < -0.3 is 16.0 Å². The summed E-state index contributed by atoms with van der Waals surface area (Å²) in [5.74, 6) is 0.0398. The highest BCUT2D eigenvalue weighted by Crippen LogP contribution is 2.15. The Morgan fingerprint density at radius 2 is 1.60 bits per heavy atom. The van der Waals surface area contributed by atoms with Crippen molar-refractivity contribution in [2.24, 2.45) is 0 Å². The van der Waals surface area contributed by atoms with Crippen LogP contribution in [0.1, 0.15) is 16.1 Å². The zero-order valence-electron chi connectivity index (χ0n) is 16.1. The van der Waals surface area contributed by atoms with E-state index in [0.717, 1.165) is 16.9 Å². The number of carbonyl (C=O) groups is 1. The largest absolute Gasteiger partial charge is 0.381 e. The highest BCUT2D eigenvalue weighted by Gasteiger charge is 2.10. The van der Waals surface area contributed by atoms with E-state index in [1.165, 1.54) is 0 Å². The van der Waals surface area contributed by atoms with Crippen LogP contribution in [0.15, 0.2) is 91.4 Å². The quantitative estimate of drug-likeness (QED) is 0.427. The summed E-state index contributed by atoms with van der Waals surface area (Å²) in [6, 6.07) is 22.8. The van der Waals surface area contributed by atoms with Crippen molar-refractivity contribution in [2.75, 3.05) is 16.0 Å². The average Bonchev–Trinajstić information content (AvgIpc) is 2.79. The first-order valence-corrected chi connectivity index (χ1v) is 9.45. The Morgan fingerprint density at radius 3 is 2.43 bits per heavy atom. The summed E-state index contributed by atoms with van der Waals surface area (Å²) in [6.07, 6.45) is 4.88. The maximum atomic E-state index is 12.7. The molecule has 7 nitrogen and oxygen atoms in total. The van der Waals surface area contributed by atoms with E-state index in [0.29, 0.717) is 18.2 Å². The molecule has 0 spiro atoms. The van der Waals surface area contributed by atoms with Crippen LogP contribution in [-0.4, -0.2) is 20.9 Å². The fraction of sp³-hybridized carbons (Fsp3) is 0.0435. The molecule has 0 saturated heterocycles. The fourth-order valence-electron chi connectivity index (χ4n) is 2.82. The average molecular weight is 396 g/mol. The molecule has 0 aliphatic heterocycles. The predicted molar refractivity (Wildman–Crippen MR) is 118 cm³/mol. The van der Waals surface area contributed by atoms with Gasteiger partial charge in [0.05, 0.1) is 0 Å². The van der Waals surface area contributed by atoms with Crippen LogP contribution in [0, 0.1) is 0 Å². The molecule has 1 amide bonds. The van der Waals surface area contributed by atoms with Gasteiger partial charge in [-0.1, -0.05) is 30.3 Å². The molecule has 2 heterocycles. The topological polar surface area (TPSA) is 91.8 Å². The molecule has 0 bridgehead atoms. The number of pyridine rings is 1. The first kappa shape index (κ1) is 19.1. The molecule has 2 aromatic heterocycles. The molecule has 0 radical (unpaired) electrons. The van der Waals surface area contributed by atoms with E-state index in [1.54, 1.807) is 36.8 Å². The number of rotatable bonds is 7. The Morgan fingerprint density at radius 1 is 0.800 bits per heavy atom. The maximum Gasteiger partial charge on any atom is 0.274 e. The lowest BCUT2D eigenvalue weighted by molar-refractivity contribution is 0.102. The van der Waals surface area contributed by atoms with Gasteiger partial charge in [0.1, 0.15) is 5.69 Å². The summed E-state index contributed by atoms with van der Waals surface area (Å²) in [6.45, 7) is 0.654. The molecule has 0 atom stereocenters. The van der Waals surface area contributed by atoms with Gasteiger partial charge in [0, 0.05) is 42.2 Å². The minimum absolute atomic E-state index is 0.273. The number of aromatic nitrogens is 3. The van der Waals surface area contributed by atoms with Gasteiger partial charge >= 0.3 is 0 Å². The van der Waals surface area contributed by atoms with E-state index in [9.17, 15) is 4.79 Å². The number of carbonyl (C=O) groups excluding carboxylic acids is 1. The summed E-state index contributed by atoms with van der Waals surface area (Å²) in [7, 11) is 0. The van der Waals surface area contributed by atoms with E-state index in [2.05, 4.69) is 30.9 Å². The van der Waals surface area contributed by atoms with Crippen LogP contribution in [0.4, 0.5) is 23.0 Å². The Bertz CT molecular complexity index is 1120. The third-order valence-corrected chi connectivity index (χ3v) is 4.28. The Labute approximate surface area is 174 Å². The van der Waals surface area contributed by atoms with Gasteiger partial charge in [0.2, 0.25) is 5.95 Å². The number of hydrogen-bond donors (Lipinski definition) is 3. The van der Waals surface area contributed by atoms with Gasteiger partial charge in [-0.15, -0.1) is 0 Å². The summed E-state index contributed by atoms with van der Waals surface area (Å²) in [5, 5.41) is 9.30. The summed E-state index contributed by atoms with van der Waals surface area (Å²) in [5.41, 5.74) is 3.87. The van der Waals surface area contributed by atoms with Gasteiger partial charge in [-0.25, -0.2) is 9.97 Å². The Balaban J connectivity index is 1.40. The van der Waals surface area contributed by atoms with Gasteiger partial charge in [0.25, 0.3) is 5.91 Å². The molecule has 30 heavy (non-hydrogen) atoms. The van der Waals surface area contributed by atoms with Crippen molar-refractivity contribution in [3.05, 3.63) is 103 Å². The number of hydrogen-bond acceptors (Lipinski definition) is 6. The normalized spacial score (nSPS) is 10.3. The lowest BCUT2D eigenvalue weighted by atomic mass is 10.2. The van der Waals surface area contributed by atoms with Crippen LogP contribution in [0.2, 0.25) is 0 Å². The van der Waals surface area contributed by atoms with Crippen molar-refractivity contribution in [3.8, 4) is 0 Å². The van der Waals surface area contributed by atoms with E-state index >= 15 is 0 Å². The first-order chi connectivity index (χ1) is 14.8. The molecule has 0 fully saturated rings. The summed E-state index contributed by atoms with van der Waals surface area (Å²) in [4.78, 5) is 25.1. The summed E-state index contributed by atoms with van der Waals surface area (Å²) < 4.78 is 0. The molecule has 0 saturated carbocycles. The predicted octanol–water partition coefficient (Wildman–Crippen LogP) is 4.48. The monoisotopic (exact) mass is 396 g/mol. The number of anilines is 4. The molecule has 4 rings (SSSR count). The Hall–Kier alpha value is -4.26. The van der Waals surface area contributed by atoms with E-state index in [-0.39, 0.29) is 11.6 Å². The highest BCUT2D eigenvalue weighted by molar-refractivity contribution is 6.03. The van der Waals surface area contributed by atoms with Crippen molar-refractivity contribution in [2.45, 2.75) is 6.54 Å². The minimum atomic E-state index is -0.302. The number of para-hydroxylation sites is 1. The maximum absolute atomic E-state index is 12.7. The molecule has 148 valence electrons. The van der Waals surface area contributed by atoms with E-state index < -0.39 is 0 Å². The fourth-order valence-corrected chi connectivity index (χ4v) is 2.82. The van der Waals surface area contributed by atoms with Crippen LogP contribution in [0.5, 0.6) is 0 Å². The summed E-state index contributed by atoms with van der Waals surface area (Å²) >= 11 is 0. The van der Waals surface area contributed by atoms with Gasteiger partial charge in [-0.3, -0.25) is 9.78 Å². The van der Waals surface area contributed by atoms with E-state index in [4.69, 9.17) is 0 Å². The molecule has 0 aliphatic carbocycles. The number of benzene rings is 2. The lowest BCUT2D eigenvalue weighted by Crippen LogP contribution is -2.15. The number of nitrogens with one attached hydrogen (secondary N) is 3. The van der Waals surface area contributed by atoms with Crippen molar-refractivity contribution in [1.29, 1.82) is 0 Å². The molecule has 7 heteroatoms. The first-order valence-electron chi connectivity index (χ1n) is 9.45. The van der Waals surface area contributed by atoms with Crippen molar-refractivity contribution in [3.63, 3.8) is 0 Å². The zero-order valence-corrected chi connectivity index (χ0v) is 16.1. The second-order valence-electron chi connectivity index (χ2n) is 6.50. The van der Waals surface area contributed by atoms with Gasteiger partial charge in [-0.2, -0.15) is 0 Å². The number of nitrogens with zero attached hydrogens (tertiary/aromatic N) is 3. The SMILES string of the molecule is O=C(Nc1cccc(CNc2ccccc2)c1)c1ccnc(Nc2ccncc2)n1. The lowest BCUT2D eigenvalue weighted by Gasteiger charge is -2.10. The molecule has 0 aliphatic rings. The van der Waals surface area contributed by atoms with Gasteiger partial charge in [0.15, 0.2) is 0 Å². The van der Waals surface area contributed by atoms with Gasteiger partial charge in [-0.05, 0) is 48.0 Å². The van der Waals surface area contributed by atoms with Crippen LogP contribution < -0.4 is 16.0 Å². The molecule has 4 aromatic rings. The van der Waals surface area contributed by atoms with Crippen molar-refractivity contribution >= 4 is 28.9 Å². The second-order valence-corrected chi connectivity index (χ2v) is 6.50. The van der Waals surface area contributed by atoms with E-state index in [1.807, 2.05) is 54.6 Å². The van der Waals surface area contributed by atoms with Crippen LogP contribution in [0.3, 0.4) is 0 Å². The third kappa shape index (κ3) is 5.17. The Kier molecular flexibility index (Phi) is 5.91. The number of amides is 1. The molecule has 0 unspecified atom stereocenters. The molecule has 2 aromatic carbocycles.